The van der Waals surface area contributed by atoms with E-state index in [0.717, 1.165) is 36.1 Å². The number of aryl methyl sites for hydroxylation is 1. The molecule has 100 valence electrons. The van der Waals surface area contributed by atoms with Crippen molar-refractivity contribution in [2.24, 2.45) is 0 Å². The van der Waals surface area contributed by atoms with Crippen LogP contribution < -0.4 is 5.56 Å². The van der Waals surface area contributed by atoms with Crippen molar-refractivity contribution in [1.82, 2.24) is 9.97 Å². The van der Waals surface area contributed by atoms with Gasteiger partial charge in [0.1, 0.15) is 0 Å². The highest BCUT2D eigenvalue weighted by Gasteiger charge is 2.25. The molecule has 0 amide bonds. The van der Waals surface area contributed by atoms with Crippen LogP contribution in [0.25, 0.3) is 10.7 Å². The Bertz CT molecular complexity index is 654. The summed E-state index contributed by atoms with van der Waals surface area (Å²) in [6, 6.07) is 1.97. The highest BCUT2D eigenvalue weighted by molar-refractivity contribution is 7.13. The second kappa shape index (κ2) is 4.81. The van der Waals surface area contributed by atoms with Crippen molar-refractivity contribution in [3.63, 3.8) is 0 Å². The summed E-state index contributed by atoms with van der Waals surface area (Å²) >= 11 is 1.51. The molecule has 3 rings (SSSR count). The third-order valence-electron chi connectivity index (χ3n) is 3.78. The number of hydrogen-bond donors (Lipinski definition) is 2. The SMILES string of the molecule is Cc1ccsc1-c1nc(O)c(C2CCCC2)c(=O)[nH]1. The van der Waals surface area contributed by atoms with Crippen molar-refractivity contribution in [3.8, 4) is 16.6 Å². The second-order valence-electron chi connectivity index (χ2n) is 5.07. The molecule has 2 aromatic rings. The van der Waals surface area contributed by atoms with Crippen LogP contribution in [0.15, 0.2) is 16.2 Å². The van der Waals surface area contributed by atoms with Gasteiger partial charge in [-0.2, -0.15) is 4.98 Å². The van der Waals surface area contributed by atoms with Crippen LogP contribution in [0.1, 0.15) is 42.7 Å². The molecule has 0 unspecified atom stereocenters. The lowest BCUT2D eigenvalue weighted by Crippen LogP contribution is -2.17. The monoisotopic (exact) mass is 276 g/mol. The highest BCUT2D eigenvalue weighted by Crippen LogP contribution is 2.36. The van der Waals surface area contributed by atoms with Gasteiger partial charge in [0.25, 0.3) is 5.56 Å². The van der Waals surface area contributed by atoms with Crippen LogP contribution >= 0.6 is 11.3 Å². The molecule has 19 heavy (non-hydrogen) atoms. The summed E-state index contributed by atoms with van der Waals surface area (Å²) in [5.74, 6) is 0.532. The maximum Gasteiger partial charge on any atom is 0.258 e. The number of aromatic nitrogens is 2. The normalized spacial score (nSPS) is 16.1. The molecule has 1 fully saturated rings. The molecule has 0 spiro atoms. The number of aromatic hydroxyl groups is 1. The Morgan fingerprint density at radius 1 is 1.42 bits per heavy atom. The van der Waals surface area contributed by atoms with Gasteiger partial charge in [-0.1, -0.05) is 12.8 Å². The number of aromatic amines is 1. The van der Waals surface area contributed by atoms with Crippen LogP contribution in [0.5, 0.6) is 5.88 Å². The van der Waals surface area contributed by atoms with Crippen LogP contribution in [-0.2, 0) is 0 Å². The molecule has 0 bridgehead atoms. The van der Waals surface area contributed by atoms with Gasteiger partial charge < -0.3 is 10.1 Å². The van der Waals surface area contributed by atoms with Crippen LogP contribution in [0.3, 0.4) is 0 Å². The van der Waals surface area contributed by atoms with Gasteiger partial charge in [-0.25, -0.2) is 0 Å². The first-order chi connectivity index (χ1) is 9.16. The van der Waals surface area contributed by atoms with E-state index in [1.165, 1.54) is 11.3 Å². The molecule has 1 saturated carbocycles. The van der Waals surface area contributed by atoms with E-state index in [9.17, 15) is 9.90 Å². The summed E-state index contributed by atoms with van der Waals surface area (Å²) in [5.41, 5.74) is 1.33. The molecule has 2 N–H and O–H groups in total. The molecular formula is C14H16N2O2S. The fraction of sp³-hybridized carbons (Fsp3) is 0.429. The zero-order chi connectivity index (χ0) is 13.4. The van der Waals surface area contributed by atoms with Gasteiger partial charge in [-0.05, 0) is 42.7 Å². The summed E-state index contributed by atoms with van der Waals surface area (Å²) in [5, 5.41) is 12.0. The largest absolute Gasteiger partial charge is 0.493 e. The van der Waals surface area contributed by atoms with Crippen molar-refractivity contribution in [3.05, 3.63) is 32.9 Å². The summed E-state index contributed by atoms with van der Waals surface area (Å²) < 4.78 is 0. The molecule has 1 aliphatic carbocycles. The number of rotatable bonds is 2. The summed E-state index contributed by atoms with van der Waals surface area (Å²) in [4.78, 5) is 20.1. The number of nitrogens with one attached hydrogen (secondary N) is 1. The minimum absolute atomic E-state index is 0.0987. The minimum Gasteiger partial charge on any atom is -0.493 e. The Kier molecular flexibility index (Phi) is 3.14. The minimum atomic E-state index is -0.192. The molecule has 1 aliphatic rings. The zero-order valence-electron chi connectivity index (χ0n) is 10.8. The Balaban J connectivity index is 2.07. The summed E-state index contributed by atoms with van der Waals surface area (Å²) in [7, 11) is 0. The van der Waals surface area contributed by atoms with Crippen molar-refractivity contribution in [1.29, 1.82) is 0 Å². The van der Waals surface area contributed by atoms with E-state index in [2.05, 4.69) is 9.97 Å². The molecule has 0 atom stereocenters. The maximum absolute atomic E-state index is 12.2. The van der Waals surface area contributed by atoms with Crippen molar-refractivity contribution >= 4 is 11.3 Å². The van der Waals surface area contributed by atoms with Gasteiger partial charge in [0.2, 0.25) is 5.88 Å². The van der Waals surface area contributed by atoms with E-state index in [4.69, 9.17) is 0 Å². The molecule has 2 aromatic heterocycles. The van der Waals surface area contributed by atoms with Gasteiger partial charge >= 0.3 is 0 Å². The Labute approximate surface area is 115 Å². The molecule has 0 aromatic carbocycles. The van der Waals surface area contributed by atoms with E-state index in [1.54, 1.807) is 0 Å². The molecule has 0 saturated heterocycles. The third-order valence-corrected chi connectivity index (χ3v) is 4.80. The maximum atomic E-state index is 12.2. The number of hydrogen-bond acceptors (Lipinski definition) is 4. The van der Waals surface area contributed by atoms with Crippen molar-refractivity contribution < 1.29 is 5.11 Å². The fourth-order valence-electron chi connectivity index (χ4n) is 2.78. The van der Waals surface area contributed by atoms with Crippen LogP contribution in [-0.4, -0.2) is 15.1 Å². The number of thiophene rings is 1. The number of nitrogens with zero attached hydrogens (tertiary/aromatic N) is 1. The van der Waals surface area contributed by atoms with E-state index in [1.807, 2.05) is 18.4 Å². The third kappa shape index (κ3) is 2.18. The van der Waals surface area contributed by atoms with Gasteiger partial charge in [-0.3, -0.25) is 4.79 Å². The van der Waals surface area contributed by atoms with Gasteiger partial charge in [0.15, 0.2) is 5.82 Å². The quantitative estimate of drug-likeness (QED) is 0.885. The van der Waals surface area contributed by atoms with E-state index in [-0.39, 0.29) is 17.4 Å². The Morgan fingerprint density at radius 2 is 2.16 bits per heavy atom. The van der Waals surface area contributed by atoms with E-state index < -0.39 is 0 Å². The predicted molar refractivity (Wildman–Crippen MR) is 75.8 cm³/mol. The predicted octanol–water partition coefficient (Wildman–Crippen LogP) is 3.17. The van der Waals surface area contributed by atoms with Crippen LogP contribution in [0, 0.1) is 6.92 Å². The number of H-pyrrole nitrogens is 1. The average molecular weight is 276 g/mol. The average Bonchev–Trinajstić information content (AvgIpc) is 2.99. The first-order valence-corrected chi connectivity index (χ1v) is 7.42. The smallest absolute Gasteiger partial charge is 0.258 e. The standard InChI is InChI=1S/C14H16N2O2S/c1-8-6-7-19-11(8)12-15-13(17)10(14(18)16-12)9-4-2-3-5-9/h6-7,9H,2-5H2,1H3,(H2,15,16,17,18). The van der Waals surface area contributed by atoms with Gasteiger partial charge in [0, 0.05) is 0 Å². The lowest BCUT2D eigenvalue weighted by molar-refractivity contribution is 0.436. The van der Waals surface area contributed by atoms with E-state index >= 15 is 0 Å². The van der Waals surface area contributed by atoms with Gasteiger partial charge in [0.05, 0.1) is 10.4 Å². The lowest BCUT2D eigenvalue weighted by Gasteiger charge is -2.10. The van der Waals surface area contributed by atoms with Crippen LogP contribution in [0.4, 0.5) is 0 Å². The van der Waals surface area contributed by atoms with Gasteiger partial charge in [-0.15, -0.1) is 11.3 Å². The Hall–Kier alpha value is -1.62. The molecular weight excluding hydrogens is 260 g/mol. The molecule has 0 aliphatic heterocycles. The summed E-state index contributed by atoms with van der Waals surface area (Å²) in [6.07, 6.45) is 4.18. The van der Waals surface area contributed by atoms with Crippen LogP contribution in [0.2, 0.25) is 0 Å². The topological polar surface area (TPSA) is 66.0 Å². The lowest BCUT2D eigenvalue weighted by atomic mass is 10.00. The molecule has 5 heteroatoms. The molecule has 4 nitrogen and oxygen atoms in total. The highest BCUT2D eigenvalue weighted by atomic mass is 32.1. The van der Waals surface area contributed by atoms with Crippen molar-refractivity contribution in [2.45, 2.75) is 38.5 Å². The first-order valence-electron chi connectivity index (χ1n) is 6.54. The molecule has 0 radical (unpaired) electrons. The first kappa shape index (κ1) is 12.4. The zero-order valence-corrected chi connectivity index (χ0v) is 11.6. The second-order valence-corrected chi connectivity index (χ2v) is 5.98. The van der Waals surface area contributed by atoms with E-state index in [0.29, 0.717) is 11.4 Å². The Morgan fingerprint density at radius 3 is 2.74 bits per heavy atom. The summed E-state index contributed by atoms with van der Waals surface area (Å²) in [6.45, 7) is 1.97. The molecule has 2 heterocycles. The fourth-order valence-corrected chi connectivity index (χ4v) is 3.65. The van der Waals surface area contributed by atoms with Crippen molar-refractivity contribution in [2.75, 3.05) is 0 Å².